The lowest BCUT2D eigenvalue weighted by Crippen LogP contribution is -1.73. The molecule has 0 aliphatic heterocycles. The van der Waals surface area contributed by atoms with Crippen LogP contribution >= 0.6 is 0 Å². The van der Waals surface area contributed by atoms with Gasteiger partial charge in [0.05, 0.1) is 0 Å². The third-order valence-electron chi connectivity index (χ3n) is 1.46. The van der Waals surface area contributed by atoms with Crippen LogP contribution in [-0.4, -0.2) is 0 Å². The zero-order chi connectivity index (χ0) is 6.24. The van der Waals surface area contributed by atoms with Gasteiger partial charge in [0, 0.05) is 0 Å². The zero-order valence-electron chi connectivity index (χ0n) is 7.66. The van der Waals surface area contributed by atoms with E-state index in [9.17, 15) is 0 Å². The van der Waals surface area contributed by atoms with Crippen molar-refractivity contribution in [3.63, 3.8) is 0 Å². The molecule has 0 rings (SSSR count). The average molecular weight is 148 g/mol. The molecule has 0 aromatic rings. The SMILES string of the molecule is CCCCCCCC.N.N. The Labute approximate surface area is 65.6 Å². The summed E-state index contributed by atoms with van der Waals surface area (Å²) >= 11 is 0. The van der Waals surface area contributed by atoms with Gasteiger partial charge in [-0.3, -0.25) is 0 Å². The zero-order valence-corrected chi connectivity index (χ0v) is 7.66. The molecule has 10 heavy (non-hydrogen) atoms. The van der Waals surface area contributed by atoms with Gasteiger partial charge in [-0.1, -0.05) is 52.4 Å². The quantitative estimate of drug-likeness (QED) is 0.584. The van der Waals surface area contributed by atoms with E-state index in [0.29, 0.717) is 0 Å². The van der Waals surface area contributed by atoms with Gasteiger partial charge >= 0.3 is 0 Å². The molecule has 0 saturated carbocycles. The minimum absolute atomic E-state index is 0. The van der Waals surface area contributed by atoms with Crippen LogP contribution in [0.1, 0.15) is 52.4 Å². The predicted octanol–water partition coefficient (Wildman–Crippen LogP) is 3.69. The van der Waals surface area contributed by atoms with Crippen LogP contribution in [0.3, 0.4) is 0 Å². The molecule has 0 atom stereocenters. The summed E-state index contributed by atoms with van der Waals surface area (Å²) in [6, 6.07) is 0. The molecule has 0 saturated heterocycles. The van der Waals surface area contributed by atoms with E-state index < -0.39 is 0 Å². The lowest BCUT2D eigenvalue weighted by atomic mass is 10.1. The largest absolute Gasteiger partial charge is 0.344 e. The number of rotatable bonds is 5. The van der Waals surface area contributed by atoms with Crippen LogP contribution in [0.5, 0.6) is 0 Å². The third-order valence-corrected chi connectivity index (χ3v) is 1.46. The van der Waals surface area contributed by atoms with E-state index in [1.807, 2.05) is 0 Å². The molecule has 0 bridgehead atoms. The Morgan fingerprint density at radius 1 is 0.600 bits per heavy atom. The van der Waals surface area contributed by atoms with E-state index in [-0.39, 0.29) is 12.3 Å². The molecule has 0 aliphatic rings. The Balaban J connectivity index is -0.000000245. The first-order valence-corrected chi connectivity index (χ1v) is 3.91. The Hall–Kier alpha value is -0.0800. The molecule has 2 heteroatoms. The van der Waals surface area contributed by atoms with Crippen LogP contribution < -0.4 is 12.3 Å². The van der Waals surface area contributed by atoms with E-state index in [4.69, 9.17) is 0 Å². The summed E-state index contributed by atoms with van der Waals surface area (Å²) in [4.78, 5) is 0. The lowest BCUT2D eigenvalue weighted by molar-refractivity contribution is 0.624. The normalized spacial score (nSPS) is 7.80. The maximum atomic E-state index is 2.26. The Kier molecular flexibility index (Phi) is 26.3. The van der Waals surface area contributed by atoms with Crippen molar-refractivity contribution in [2.45, 2.75) is 52.4 Å². The highest BCUT2D eigenvalue weighted by Crippen LogP contribution is 2.03. The second-order valence-electron chi connectivity index (χ2n) is 2.41. The molecular formula is C8H24N2. The monoisotopic (exact) mass is 148 g/mol. The van der Waals surface area contributed by atoms with E-state index in [1.54, 1.807) is 0 Å². The highest BCUT2D eigenvalue weighted by atomic mass is 14.0. The summed E-state index contributed by atoms with van der Waals surface area (Å²) in [7, 11) is 0. The molecule has 0 aliphatic carbocycles. The first-order chi connectivity index (χ1) is 3.91. The summed E-state index contributed by atoms with van der Waals surface area (Å²) in [6.45, 7) is 4.51. The number of hydrogen-bond acceptors (Lipinski definition) is 2. The molecule has 0 radical (unpaired) electrons. The Bertz CT molecular complexity index is 32.2. The summed E-state index contributed by atoms with van der Waals surface area (Å²) in [5.41, 5.74) is 0. The molecular weight excluding hydrogens is 124 g/mol. The van der Waals surface area contributed by atoms with Crippen molar-refractivity contribution in [3.05, 3.63) is 0 Å². The van der Waals surface area contributed by atoms with Gasteiger partial charge in [0.15, 0.2) is 0 Å². The first-order valence-electron chi connectivity index (χ1n) is 3.91. The van der Waals surface area contributed by atoms with Crippen molar-refractivity contribution >= 4 is 0 Å². The van der Waals surface area contributed by atoms with Gasteiger partial charge in [0.25, 0.3) is 0 Å². The van der Waals surface area contributed by atoms with Crippen LogP contribution in [0.15, 0.2) is 0 Å². The summed E-state index contributed by atoms with van der Waals surface area (Å²) in [5, 5.41) is 0. The third kappa shape index (κ3) is 15.7. The van der Waals surface area contributed by atoms with Crippen molar-refractivity contribution < 1.29 is 0 Å². The van der Waals surface area contributed by atoms with Gasteiger partial charge in [-0.25, -0.2) is 0 Å². The van der Waals surface area contributed by atoms with E-state index in [0.717, 1.165) is 0 Å². The smallest absolute Gasteiger partial charge is 0.0533 e. The number of hydrogen-bond donors (Lipinski definition) is 2. The Morgan fingerprint density at radius 2 is 0.900 bits per heavy atom. The second-order valence-corrected chi connectivity index (χ2v) is 2.41. The summed E-state index contributed by atoms with van der Waals surface area (Å²) in [5.74, 6) is 0. The summed E-state index contributed by atoms with van der Waals surface area (Å²) < 4.78 is 0. The topological polar surface area (TPSA) is 70.0 Å². The van der Waals surface area contributed by atoms with Crippen molar-refractivity contribution in [2.75, 3.05) is 0 Å². The van der Waals surface area contributed by atoms with Gasteiger partial charge in [-0.15, -0.1) is 0 Å². The first kappa shape index (κ1) is 16.5. The van der Waals surface area contributed by atoms with Gasteiger partial charge in [0.2, 0.25) is 0 Å². The van der Waals surface area contributed by atoms with Crippen molar-refractivity contribution in [3.8, 4) is 0 Å². The standard InChI is InChI=1S/C8H18.2H3N/c1-3-5-7-8-6-4-2;;/h3-8H2,1-2H3;2*1H3. The molecule has 0 spiro atoms. The Morgan fingerprint density at radius 3 is 1.10 bits per heavy atom. The molecule has 2 nitrogen and oxygen atoms in total. The highest BCUT2D eigenvalue weighted by molar-refractivity contribution is 4.39. The molecule has 0 heterocycles. The van der Waals surface area contributed by atoms with Crippen LogP contribution in [0.4, 0.5) is 0 Å². The van der Waals surface area contributed by atoms with Crippen LogP contribution in [0.25, 0.3) is 0 Å². The van der Waals surface area contributed by atoms with Crippen LogP contribution in [0.2, 0.25) is 0 Å². The highest BCUT2D eigenvalue weighted by Gasteiger charge is 1.83. The van der Waals surface area contributed by atoms with E-state index >= 15 is 0 Å². The lowest BCUT2D eigenvalue weighted by Gasteiger charge is -1.93. The minimum atomic E-state index is 0. The molecule has 6 N–H and O–H groups in total. The van der Waals surface area contributed by atoms with Gasteiger partial charge in [-0.05, 0) is 0 Å². The van der Waals surface area contributed by atoms with Gasteiger partial charge < -0.3 is 12.3 Å². The second kappa shape index (κ2) is 16.0. The maximum Gasteiger partial charge on any atom is -0.0533 e. The van der Waals surface area contributed by atoms with Crippen LogP contribution in [-0.2, 0) is 0 Å². The molecule has 0 aromatic heterocycles. The van der Waals surface area contributed by atoms with Gasteiger partial charge in [0.1, 0.15) is 0 Å². The van der Waals surface area contributed by atoms with E-state index in [1.165, 1.54) is 38.5 Å². The molecule has 0 aromatic carbocycles. The number of unbranched alkanes of at least 4 members (excludes halogenated alkanes) is 5. The van der Waals surface area contributed by atoms with Crippen molar-refractivity contribution in [1.29, 1.82) is 0 Å². The molecule has 66 valence electrons. The molecule has 0 amide bonds. The molecule has 0 unspecified atom stereocenters. The van der Waals surface area contributed by atoms with Crippen molar-refractivity contribution in [2.24, 2.45) is 0 Å². The summed E-state index contributed by atoms with van der Waals surface area (Å²) in [6.07, 6.45) is 8.49. The van der Waals surface area contributed by atoms with E-state index in [2.05, 4.69) is 13.8 Å². The van der Waals surface area contributed by atoms with Gasteiger partial charge in [-0.2, -0.15) is 0 Å². The fourth-order valence-electron chi connectivity index (χ4n) is 0.854. The van der Waals surface area contributed by atoms with Crippen LogP contribution in [0, 0.1) is 0 Å². The average Bonchev–Trinajstić information content (AvgIpc) is 1.81. The van der Waals surface area contributed by atoms with Crippen molar-refractivity contribution in [1.82, 2.24) is 12.3 Å². The maximum absolute atomic E-state index is 2.26. The fraction of sp³-hybridized carbons (Fsp3) is 1.00. The predicted molar refractivity (Wildman–Crippen MR) is 49.1 cm³/mol. The molecule has 0 fully saturated rings. The minimum Gasteiger partial charge on any atom is -0.344 e. The fourth-order valence-corrected chi connectivity index (χ4v) is 0.854.